The molecule has 90 valence electrons. The Morgan fingerprint density at radius 3 is 1.61 bits per heavy atom. The van der Waals surface area contributed by atoms with Crippen molar-refractivity contribution in [1.29, 1.82) is 0 Å². The van der Waals surface area contributed by atoms with E-state index in [9.17, 15) is 4.79 Å². The molecule has 0 radical (unpaired) electrons. The van der Waals surface area contributed by atoms with Gasteiger partial charge in [0.2, 0.25) is 0 Å². The van der Waals surface area contributed by atoms with Crippen LogP contribution >= 0.6 is 0 Å². The fraction of sp³-hybridized carbons (Fsp3) is 0.118. The van der Waals surface area contributed by atoms with Gasteiger partial charge in [0.05, 0.1) is 0 Å². The smallest absolute Gasteiger partial charge is 0.193 e. The number of benzene rings is 2. The Bertz CT molecular complexity index is 519. The molecular weight excluding hydrogens is 220 g/mol. The van der Waals surface area contributed by atoms with Crippen molar-refractivity contribution in [2.75, 3.05) is 0 Å². The van der Waals surface area contributed by atoms with E-state index in [4.69, 9.17) is 0 Å². The van der Waals surface area contributed by atoms with Crippen LogP contribution in [0.15, 0.2) is 55.1 Å². The summed E-state index contributed by atoms with van der Waals surface area (Å²) >= 11 is 0. The summed E-state index contributed by atoms with van der Waals surface area (Å²) in [7, 11) is 0. The number of ketones is 1. The summed E-state index contributed by atoms with van der Waals surface area (Å²) in [4.78, 5) is 12.2. The number of carbonyl (C=O) groups excluding carboxylic acids is 1. The minimum absolute atomic E-state index is 0.0150. The van der Waals surface area contributed by atoms with E-state index in [2.05, 4.69) is 6.58 Å². The van der Waals surface area contributed by atoms with E-state index in [1.165, 1.54) is 5.56 Å². The van der Waals surface area contributed by atoms with Crippen LogP contribution in [0.1, 0.15) is 27.0 Å². The van der Waals surface area contributed by atoms with Crippen LogP contribution < -0.4 is 0 Å². The van der Waals surface area contributed by atoms with Crippen LogP contribution in [0.25, 0.3) is 5.57 Å². The molecule has 0 aliphatic rings. The standard InChI is InChI=1S/C17H16O/c1-12-4-8-15(9-5-12)14(3)17(18)16-10-6-13(2)7-11-16/h4-11H,3H2,1-2H3. The number of carbonyl (C=O) groups is 1. The number of hydrogen-bond donors (Lipinski definition) is 0. The SMILES string of the molecule is C=C(C(=O)c1ccc(C)cc1)c1ccc(C)cc1. The van der Waals surface area contributed by atoms with Crippen LogP contribution in [0.2, 0.25) is 0 Å². The molecule has 0 fully saturated rings. The van der Waals surface area contributed by atoms with Crippen molar-refractivity contribution in [3.8, 4) is 0 Å². The summed E-state index contributed by atoms with van der Waals surface area (Å²) in [6.45, 7) is 7.93. The molecule has 1 nitrogen and oxygen atoms in total. The van der Waals surface area contributed by atoms with Crippen LogP contribution in [0.5, 0.6) is 0 Å². The van der Waals surface area contributed by atoms with E-state index in [1.54, 1.807) is 0 Å². The largest absolute Gasteiger partial charge is 0.289 e. The average Bonchev–Trinajstić information content (AvgIpc) is 2.39. The number of hydrogen-bond acceptors (Lipinski definition) is 1. The third-order valence-electron chi connectivity index (χ3n) is 2.99. The highest BCUT2D eigenvalue weighted by Crippen LogP contribution is 2.18. The van der Waals surface area contributed by atoms with Gasteiger partial charge in [-0.2, -0.15) is 0 Å². The molecule has 0 aromatic heterocycles. The molecule has 0 aliphatic carbocycles. The monoisotopic (exact) mass is 236 g/mol. The Balaban J connectivity index is 2.26. The van der Waals surface area contributed by atoms with Crippen LogP contribution in [0.3, 0.4) is 0 Å². The highest BCUT2D eigenvalue weighted by molar-refractivity contribution is 6.28. The fourth-order valence-corrected chi connectivity index (χ4v) is 1.77. The van der Waals surface area contributed by atoms with Crippen LogP contribution in [-0.2, 0) is 0 Å². The molecule has 2 rings (SSSR count). The minimum Gasteiger partial charge on any atom is -0.289 e. The van der Waals surface area contributed by atoms with Crippen molar-refractivity contribution in [2.45, 2.75) is 13.8 Å². The van der Waals surface area contributed by atoms with Gasteiger partial charge in [-0.15, -0.1) is 0 Å². The molecule has 0 spiro atoms. The van der Waals surface area contributed by atoms with Gasteiger partial charge in [-0.05, 0) is 19.4 Å². The molecule has 0 bridgehead atoms. The fourth-order valence-electron chi connectivity index (χ4n) is 1.77. The summed E-state index contributed by atoms with van der Waals surface area (Å²) in [5.41, 5.74) is 4.43. The Morgan fingerprint density at radius 1 is 0.778 bits per heavy atom. The summed E-state index contributed by atoms with van der Waals surface area (Å²) in [6, 6.07) is 15.4. The lowest BCUT2D eigenvalue weighted by Crippen LogP contribution is -2.01. The maximum Gasteiger partial charge on any atom is 0.193 e. The first-order chi connectivity index (χ1) is 8.58. The molecule has 0 unspecified atom stereocenters. The third-order valence-corrected chi connectivity index (χ3v) is 2.99. The summed E-state index contributed by atoms with van der Waals surface area (Å²) < 4.78 is 0. The second kappa shape index (κ2) is 5.01. The average molecular weight is 236 g/mol. The number of aryl methyl sites for hydroxylation is 2. The van der Waals surface area contributed by atoms with E-state index >= 15 is 0 Å². The summed E-state index contributed by atoms with van der Waals surface area (Å²) in [6.07, 6.45) is 0. The molecular formula is C17H16O. The van der Waals surface area contributed by atoms with Gasteiger partial charge in [-0.3, -0.25) is 4.79 Å². The maximum absolute atomic E-state index is 12.2. The van der Waals surface area contributed by atoms with Gasteiger partial charge in [-0.1, -0.05) is 66.2 Å². The molecule has 2 aromatic carbocycles. The Labute approximate surface area is 108 Å². The van der Waals surface area contributed by atoms with Crippen LogP contribution in [0, 0.1) is 13.8 Å². The number of rotatable bonds is 3. The predicted molar refractivity (Wildman–Crippen MR) is 75.7 cm³/mol. The van der Waals surface area contributed by atoms with Gasteiger partial charge in [0, 0.05) is 11.1 Å². The molecule has 18 heavy (non-hydrogen) atoms. The lowest BCUT2D eigenvalue weighted by Gasteiger charge is -2.06. The molecule has 0 heterocycles. The molecule has 2 aromatic rings. The normalized spacial score (nSPS) is 10.1. The van der Waals surface area contributed by atoms with E-state index in [-0.39, 0.29) is 5.78 Å². The zero-order valence-electron chi connectivity index (χ0n) is 10.7. The zero-order chi connectivity index (χ0) is 13.1. The van der Waals surface area contributed by atoms with E-state index < -0.39 is 0 Å². The highest BCUT2D eigenvalue weighted by Gasteiger charge is 2.11. The first kappa shape index (κ1) is 12.3. The second-order valence-electron chi connectivity index (χ2n) is 4.54. The lowest BCUT2D eigenvalue weighted by molar-refractivity contribution is 0.105. The van der Waals surface area contributed by atoms with Gasteiger partial charge in [0.25, 0.3) is 0 Å². The Hall–Kier alpha value is -2.15. The molecule has 0 N–H and O–H groups in total. The van der Waals surface area contributed by atoms with Crippen LogP contribution in [-0.4, -0.2) is 5.78 Å². The van der Waals surface area contributed by atoms with Gasteiger partial charge in [0.1, 0.15) is 0 Å². The highest BCUT2D eigenvalue weighted by atomic mass is 16.1. The summed E-state index contributed by atoms with van der Waals surface area (Å²) in [5, 5.41) is 0. The van der Waals surface area contributed by atoms with Crippen molar-refractivity contribution in [3.63, 3.8) is 0 Å². The van der Waals surface area contributed by atoms with Gasteiger partial charge in [0.15, 0.2) is 5.78 Å². The third kappa shape index (κ3) is 2.57. The maximum atomic E-state index is 12.2. The number of allylic oxidation sites excluding steroid dienone is 1. The lowest BCUT2D eigenvalue weighted by atomic mass is 9.97. The van der Waals surface area contributed by atoms with E-state index in [1.807, 2.05) is 62.4 Å². The summed E-state index contributed by atoms with van der Waals surface area (Å²) in [5.74, 6) is -0.0150. The van der Waals surface area contributed by atoms with E-state index in [0.29, 0.717) is 11.1 Å². The first-order valence-electron chi connectivity index (χ1n) is 5.95. The van der Waals surface area contributed by atoms with Gasteiger partial charge < -0.3 is 0 Å². The predicted octanol–water partition coefficient (Wildman–Crippen LogP) is 4.20. The van der Waals surface area contributed by atoms with Crippen molar-refractivity contribution < 1.29 is 4.79 Å². The molecule has 0 aliphatic heterocycles. The molecule has 0 amide bonds. The minimum atomic E-state index is -0.0150. The van der Waals surface area contributed by atoms with Crippen LogP contribution in [0.4, 0.5) is 0 Å². The van der Waals surface area contributed by atoms with Gasteiger partial charge >= 0.3 is 0 Å². The zero-order valence-corrected chi connectivity index (χ0v) is 10.7. The van der Waals surface area contributed by atoms with Crippen molar-refractivity contribution in [1.82, 2.24) is 0 Å². The molecule has 1 heteroatoms. The van der Waals surface area contributed by atoms with Crippen molar-refractivity contribution >= 4 is 11.4 Å². The second-order valence-corrected chi connectivity index (χ2v) is 4.54. The Kier molecular flexibility index (Phi) is 3.42. The topological polar surface area (TPSA) is 17.1 Å². The number of Topliss-reactive ketones (excluding diaryl/α,β-unsaturated/α-hetero) is 1. The van der Waals surface area contributed by atoms with Crippen molar-refractivity contribution in [3.05, 3.63) is 77.4 Å². The van der Waals surface area contributed by atoms with E-state index in [0.717, 1.165) is 11.1 Å². The molecule has 0 saturated carbocycles. The quantitative estimate of drug-likeness (QED) is 0.576. The van der Waals surface area contributed by atoms with Gasteiger partial charge in [-0.25, -0.2) is 0 Å². The molecule has 0 saturated heterocycles. The van der Waals surface area contributed by atoms with Crippen molar-refractivity contribution in [2.24, 2.45) is 0 Å². The Morgan fingerprint density at radius 2 is 1.17 bits per heavy atom. The first-order valence-corrected chi connectivity index (χ1v) is 5.95. The molecule has 0 atom stereocenters.